The Balaban J connectivity index is 1.73. The maximum Gasteiger partial charge on any atom is 0.416 e. The minimum atomic E-state index is -4.42. The van der Waals surface area contributed by atoms with Crippen LogP contribution in [0, 0.1) is 6.92 Å². The van der Waals surface area contributed by atoms with Crippen LogP contribution in [0.4, 0.5) is 13.2 Å². The first kappa shape index (κ1) is 19.7. The van der Waals surface area contributed by atoms with E-state index in [0.29, 0.717) is 28.5 Å². The molecule has 0 unspecified atom stereocenters. The molecule has 0 bridgehead atoms. The molecule has 30 heavy (non-hydrogen) atoms. The second-order valence-corrected chi connectivity index (χ2v) is 6.77. The second kappa shape index (κ2) is 7.33. The third-order valence-corrected chi connectivity index (χ3v) is 4.64. The van der Waals surface area contributed by atoms with E-state index in [4.69, 9.17) is 4.74 Å². The average molecular weight is 413 g/mol. The summed E-state index contributed by atoms with van der Waals surface area (Å²) < 4.78 is 48.0. The summed E-state index contributed by atoms with van der Waals surface area (Å²) in [6.07, 6.45) is -0.855. The zero-order chi connectivity index (χ0) is 21.5. The number of rotatable bonds is 4. The fourth-order valence-electron chi connectivity index (χ4n) is 3.18. The number of methoxy groups -OCH3 is 1. The highest BCUT2D eigenvalue weighted by Crippen LogP contribution is 2.33. The predicted molar refractivity (Wildman–Crippen MR) is 105 cm³/mol. The third kappa shape index (κ3) is 3.66. The van der Waals surface area contributed by atoms with Crippen LogP contribution >= 0.6 is 0 Å². The van der Waals surface area contributed by atoms with Gasteiger partial charge in [0.15, 0.2) is 11.6 Å². The number of ether oxygens (including phenoxy) is 1. The Labute approximate surface area is 170 Å². The number of aryl methyl sites for hydroxylation is 2. The van der Waals surface area contributed by atoms with E-state index in [-0.39, 0.29) is 0 Å². The molecule has 0 spiro atoms. The van der Waals surface area contributed by atoms with E-state index in [1.54, 1.807) is 32.6 Å². The lowest BCUT2D eigenvalue weighted by Crippen LogP contribution is -2.05. The highest BCUT2D eigenvalue weighted by molar-refractivity contribution is 5.66. The molecule has 2 heterocycles. The highest BCUT2D eigenvalue weighted by Gasteiger charge is 2.30. The maximum absolute atomic E-state index is 13.1. The average Bonchev–Trinajstić information content (AvgIpc) is 3.32. The quantitative estimate of drug-likeness (QED) is 0.488. The molecule has 2 aromatic carbocycles. The summed E-state index contributed by atoms with van der Waals surface area (Å²) in [6, 6.07) is 10.5. The van der Waals surface area contributed by atoms with Crippen molar-refractivity contribution in [3.05, 3.63) is 66.2 Å². The molecule has 0 amide bonds. The molecule has 4 aromatic rings. The van der Waals surface area contributed by atoms with Crippen LogP contribution in [-0.4, -0.2) is 31.4 Å². The lowest BCUT2D eigenvalue weighted by molar-refractivity contribution is -0.137. The van der Waals surface area contributed by atoms with Crippen LogP contribution in [0.2, 0.25) is 0 Å². The van der Waals surface area contributed by atoms with Gasteiger partial charge in [0.05, 0.1) is 30.4 Å². The van der Waals surface area contributed by atoms with Gasteiger partial charge < -0.3 is 9.30 Å². The van der Waals surface area contributed by atoms with Crippen LogP contribution in [-0.2, 0) is 13.2 Å². The number of aromatic nitrogens is 5. The number of imidazole rings is 1. The molecular weight excluding hydrogens is 395 g/mol. The first-order valence-electron chi connectivity index (χ1n) is 9.04. The number of hydrogen-bond donors (Lipinski definition) is 0. The minimum absolute atomic E-state index is 0.337. The monoisotopic (exact) mass is 413 g/mol. The van der Waals surface area contributed by atoms with Crippen LogP contribution in [0.1, 0.15) is 11.3 Å². The number of hydrogen-bond acceptors (Lipinski definition) is 4. The molecule has 0 aliphatic heterocycles. The molecular formula is C21H18F3N5O. The van der Waals surface area contributed by atoms with Gasteiger partial charge in [-0.1, -0.05) is 12.1 Å². The molecule has 154 valence electrons. The third-order valence-electron chi connectivity index (χ3n) is 4.64. The fraction of sp³-hybridized carbons (Fsp3) is 0.190. The summed E-state index contributed by atoms with van der Waals surface area (Å²) >= 11 is 0. The van der Waals surface area contributed by atoms with Crippen molar-refractivity contribution in [1.82, 2.24) is 24.3 Å². The molecule has 4 rings (SSSR count). The summed E-state index contributed by atoms with van der Waals surface area (Å²) in [4.78, 5) is 8.69. The first-order chi connectivity index (χ1) is 14.3. The van der Waals surface area contributed by atoms with Gasteiger partial charge in [-0.05, 0) is 37.3 Å². The van der Waals surface area contributed by atoms with E-state index >= 15 is 0 Å². The normalized spacial score (nSPS) is 11.7. The van der Waals surface area contributed by atoms with E-state index in [9.17, 15) is 13.2 Å². The van der Waals surface area contributed by atoms with E-state index in [2.05, 4.69) is 15.1 Å². The lowest BCUT2D eigenvalue weighted by atomic mass is 10.1. The zero-order valence-corrected chi connectivity index (χ0v) is 16.5. The van der Waals surface area contributed by atoms with Crippen molar-refractivity contribution >= 4 is 0 Å². The number of alkyl halides is 3. The van der Waals surface area contributed by atoms with Crippen molar-refractivity contribution < 1.29 is 17.9 Å². The van der Waals surface area contributed by atoms with Gasteiger partial charge in [0.1, 0.15) is 5.75 Å². The molecule has 0 N–H and O–H groups in total. The summed E-state index contributed by atoms with van der Waals surface area (Å²) in [5.41, 5.74) is 1.96. The molecule has 0 saturated heterocycles. The molecule has 0 aliphatic carbocycles. The van der Waals surface area contributed by atoms with E-state index in [1.165, 1.54) is 10.7 Å². The SMILES string of the molecule is COc1cc(-c2nc(-c3cccc(C(F)(F)F)c3)n(C)n2)ccc1-n1cnc(C)c1. The van der Waals surface area contributed by atoms with Gasteiger partial charge in [-0.2, -0.15) is 18.3 Å². The predicted octanol–water partition coefficient (Wildman–Crippen LogP) is 4.67. The summed E-state index contributed by atoms with van der Waals surface area (Å²) in [5.74, 6) is 1.32. The Hall–Kier alpha value is -3.62. The van der Waals surface area contributed by atoms with Gasteiger partial charge in [-0.3, -0.25) is 0 Å². The van der Waals surface area contributed by atoms with Crippen LogP contribution in [0.5, 0.6) is 5.75 Å². The second-order valence-electron chi connectivity index (χ2n) is 6.77. The number of nitrogens with zero attached hydrogens (tertiary/aromatic N) is 5. The molecule has 0 saturated carbocycles. The van der Waals surface area contributed by atoms with E-state index < -0.39 is 11.7 Å². The molecule has 0 radical (unpaired) electrons. The van der Waals surface area contributed by atoms with Crippen molar-refractivity contribution in [2.45, 2.75) is 13.1 Å². The van der Waals surface area contributed by atoms with Crippen molar-refractivity contribution in [1.29, 1.82) is 0 Å². The van der Waals surface area contributed by atoms with Gasteiger partial charge in [0.2, 0.25) is 0 Å². The van der Waals surface area contributed by atoms with Crippen molar-refractivity contribution in [3.8, 4) is 34.2 Å². The lowest BCUT2D eigenvalue weighted by Gasteiger charge is -2.10. The number of halogens is 3. The molecule has 9 heteroatoms. The van der Waals surface area contributed by atoms with E-state index in [1.807, 2.05) is 29.8 Å². The number of benzene rings is 2. The highest BCUT2D eigenvalue weighted by atomic mass is 19.4. The van der Waals surface area contributed by atoms with E-state index in [0.717, 1.165) is 23.5 Å². The van der Waals surface area contributed by atoms with Crippen LogP contribution in [0.15, 0.2) is 55.0 Å². The van der Waals surface area contributed by atoms with Gasteiger partial charge in [-0.25, -0.2) is 14.6 Å². The van der Waals surface area contributed by atoms with Crippen molar-refractivity contribution in [2.75, 3.05) is 7.11 Å². The molecule has 0 fully saturated rings. The topological polar surface area (TPSA) is 57.8 Å². The molecule has 0 aliphatic rings. The fourth-order valence-corrected chi connectivity index (χ4v) is 3.18. The first-order valence-corrected chi connectivity index (χ1v) is 9.04. The van der Waals surface area contributed by atoms with Crippen LogP contribution in [0.3, 0.4) is 0 Å². The Bertz CT molecular complexity index is 1210. The summed E-state index contributed by atoms with van der Waals surface area (Å²) in [7, 11) is 3.21. The molecule has 0 atom stereocenters. The molecule has 6 nitrogen and oxygen atoms in total. The zero-order valence-electron chi connectivity index (χ0n) is 16.5. The maximum atomic E-state index is 13.1. The van der Waals surface area contributed by atoms with Gasteiger partial charge in [0.25, 0.3) is 0 Å². The van der Waals surface area contributed by atoms with Crippen molar-refractivity contribution in [2.24, 2.45) is 7.05 Å². The minimum Gasteiger partial charge on any atom is -0.495 e. The van der Waals surface area contributed by atoms with Gasteiger partial charge in [-0.15, -0.1) is 0 Å². The standard InChI is InChI=1S/C21H18F3N5O/c1-13-11-29(12-25-13)17-8-7-14(10-18(17)30-3)19-26-20(28(2)27-19)15-5-4-6-16(9-15)21(22,23)24/h4-12H,1-3H3. The van der Waals surface area contributed by atoms with Crippen LogP contribution in [0.25, 0.3) is 28.5 Å². The van der Waals surface area contributed by atoms with Crippen molar-refractivity contribution in [3.63, 3.8) is 0 Å². The summed E-state index contributed by atoms with van der Waals surface area (Å²) in [6.45, 7) is 1.89. The Morgan fingerprint density at radius 2 is 1.83 bits per heavy atom. The van der Waals surface area contributed by atoms with Crippen LogP contribution < -0.4 is 4.74 Å². The Morgan fingerprint density at radius 3 is 2.50 bits per heavy atom. The molecule has 2 aromatic heterocycles. The Morgan fingerprint density at radius 1 is 1.03 bits per heavy atom. The van der Waals surface area contributed by atoms with Gasteiger partial charge >= 0.3 is 6.18 Å². The summed E-state index contributed by atoms with van der Waals surface area (Å²) in [5, 5.41) is 4.38. The Kier molecular flexibility index (Phi) is 4.81. The largest absolute Gasteiger partial charge is 0.495 e. The smallest absolute Gasteiger partial charge is 0.416 e. The van der Waals surface area contributed by atoms with Gasteiger partial charge in [0, 0.05) is 24.4 Å².